The molecule has 5 nitrogen and oxygen atoms in total. The van der Waals surface area contributed by atoms with E-state index < -0.39 is 6.04 Å². The molecule has 21 heavy (non-hydrogen) atoms. The number of carbonyl (C=O) groups is 2. The molecule has 1 aromatic heterocycles. The van der Waals surface area contributed by atoms with E-state index in [1.165, 1.54) is 4.90 Å². The molecule has 0 saturated carbocycles. The third kappa shape index (κ3) is 3.29. The first-order valence-corrected chi connectivity index (χ1v) is 7.60. The van der Waals surface area contributed by atoms with Crippen molar-refractivity contribution in [3.8, 4) is 0 Å². The third-order valence-corrected chi connectivity index (χ3v) is 4.13. The Kier molecular flexibility index (Phi) is 5.07. The summed E-state index contributed by atoms with van der Waals surface area (Å²) in [6.07, 6.45) is 5.35. The summed E-state index contributed by atoms with van der Waals surface area (Å²) in [6.45, 7) is 6.00. The van der Waals surface area contributed by atoms with E-state index in [-0.39, 0.29) is 30.3 Å². The molecular weight excluding hydrogens is 266 g/mol. The molecule has 5 heteroatoms. The van der Waals surface area contributed by atoms with Crippen LogP contribution in [-0.4, -0.2) is 33.8 Å². The largest absolute Gasteiger partial charge is 0.299 e. The Labute approximate surface area is 125 Å². The molecule has 1 aliphatic heterocycles. The molecule has 1 N–H and O–H groups in total. The summed E-state index contributed by atoms with van der Waals surface area (Å²) in [5.74, 6) is -0.158. The average Bonchev–Trinajstić information content (AvgIpc) is 2.77. The highest BCUT2D eigenvalue weighted by atomic mass is 16.2. The molecule has 0 aromatic carbocycles. The fourth-order valence-electron chi connectivity index (χ4n) is 2.85. The van der Waals surface area contributed by atoms with Crippen LogP contribution in [0.4, 0.5) is 0 Å². The number of nitrogens with zero attached hydrogens (tertiary/aromatic N) is 2. The standard InChI is InChI=1S/C16H23N3O2/c1-4-13(5-2)19-15(20)9-14(16(19)21)18-11(3)12-7-6-8-17-10-12/h6-8,10-11,13-14,18H,4-5,9H2,1-3H3. The minimum absolute atomic E-state index is 0.0119. The van der Waals surface area contributed by atoms with Gasteiger partial charge in [-0.3, -0.25) is 24.8 Å². The van der Waals surface area contributed by atoms with Gasteiger partial charge in [0.05, 0.1) is 12.5 Å². The maximum atomic E-state index is 12.5. The zero-order valence-corrected chi connectivity index (χ0v) is 12.9. The van der Waals surface area contributed by atoms with Crippen LogP contribution in [0.15, 0.2) is 24.5 Å². The topological polar surface area (TPSA) is 62.3 Å². The molecule has 2 unspecified atom stereocenters. The minimum Gasteiger partial charge on any atom is -0.299 e. The van der Waals surface area contributed by atoms with Crippen LogP contribution in [0, 0.1) is 0 Å². The summed E-state index contributed by atoms with van der Waals surface area (Å²) < 4.78 is 0. The maximum Gasteiger partial charge on any atom is 0.247 e. The first kappa shape index (κ1) is 15.6. The van der Waals surface area contributed by atoms with Gasteiger partial charge < -0.3 is 0 Å². The second-order valence-corrected chi connectivity index (χ2v) is 5.50. The van der Waals surface area contributed by atoms with E-state index in [9.17, 15) is 9.59 Å². The van der Waals surface area contributed by atoms with E-state index in [0.29, 0.717) is 0 Å². The Hall–Kier alpha value is -1.75. The van der Waals surface area contributed by atoms with E-state index >= 15 is 0 Å². The zero-order chi connectivity index (χ0) is 15.4. The second kappa shape index (κ2) is 6.80. The molecule has 1 aliphatic rings. The number of rotatable bonds is 6. The summed E-state index contributed by atoms with van der Waals surface area (Å²) >= 11 is 0. The minimum atomic E-state index is -0.423. The van der Waals surface area contributed by atoms with E-state index in [1.807, 2.05) is 32.9 Å². The number of carbonyl (C=O) groups excluding carboxylic acids is 2. The van der Waals surface area contributed by atoms with Gasteiger partial charge in [0, 0.05) is 24.5 Å². The predicted octanol–water partition coefficient (Wildman–Crippen LogP) is 2.05. The number of amides is 2. The fourth-order valence-corrected chi connectivity index (χ4v) is 2.85. The van der Waals surface area contributed by atoms with Gasteiger partial charge in [0.1, 0.15) is 0 Å². The molecule has 0 spiro atoms. The fraction of sp³-hybridized carbons (Fsp3) is 0.562. The van der Waals surface area contributed by atoms with Gasteiger partial charge in [-0.05, 0) is 31.4 Å². The Morgan fingerprint density at radius 1 is 1.38 bits per heavy atom. The van der Waals surface area contributed by atoms with Crippen molar-refractivity contribution < 1.29 is 9.59 Å². The van der Waals surface area contributed by atoms with Crippen LogP contribution >= 0.6 is 0 Å². The number of aromatic nitrogens is 1. The number of imide groups is 1. The van der Waals surface area contributed by atoms with Gasteiger partial charge >= 0.3 is 0 Å². The second-order valence-electron chi connectivity index (χ2n) is 5.50. The van der Waals surface area contributed by atoms with Crippen LogP contribution in [0.5, 0.6) is 0 Å². The van der Waals surface area contributed by atoms with Crippen LogP contribution < -0.4 is 5.32 Å². The van der Waals surface area contributed by atoms with Crippen LogP contribution in [0.2, 0.25) is 0 Å². The molecular formula is C16H23N3O2. The molecule has 114 valence electrons. The van der Waals surface area contributed by atoms with E-state index in [4.69, 9.17) is 0 Å². The van der Waals surface area contributed by atoms with Crippen molar-refractivity contribution in [1.82, 2.24) is 15.2 Å². The van der Waals surface area contributed by atoms with Gasteiger partial charge in [0.25, 0.3) is 0 Å². The first-order chi connectivity index (χ1) is 10.1. The highest BCUT2D eigenvalue weighted by Gasteiger charge is 2.41. The van der Waals surface area contributed by atoms with Gasteiger partial charge in [-0.15, -0.1) is 0 Å². The Morgan fingerprint density at radius 3 is 2.67 bits per heavy atom. The van der Waals surface area contributed by atoms with Crippen molar-refractivity contribution in [2.24, 2.45) is 0 Å². The summed E-state index contributed by atoms with van der Waals surface area (Å²) in [6, 6.07) is 3.41. The quantitative estimate of drug-likeness (QED) is 0.814. The predicted molar refractivity (Wildman–Crippen MR) is 80.4 cm³/mol. The van der Waals surface area contributed by atoms with Crippen LogP contribution in [0.3, 0.4) is 0 Å². The molecule has 1 aromatic rings. The third-order valence-electron chi connectivity index (χ3n) is 4.13. The van der Waals surface area contributed by atoms with E-state index in [0.717, 1.165) is 18.4 Å². The number of nitrogens with one attached hydrogen (secondary N) is 1. The lowest BCUT2D eigenvalue weighted by Gasteiger charge is -2.25. The van der Waals surface area contributed by atoms with Crippen LogP contribution in [0.25, 0.3) is 0 Å². The number of hydrogen-bond donors (Lipinski definition) is 1. The Morgan fingerprint density at radius 2 is 2.10 bits per heavy atom. The molecule has 2 amide bonds. The van der Waals surface area contributed by atoms with Gasteiger partial charge in [-0.1, -0.05) is 19.9 Å². The lowest BCUT2D eigenvalue weighted by Crippen LogP contribution is -2.44. The smallest absolute Gasteiger partial charge is 0.247 e. The molecule has 2 rings (SSSR count). The van der Waals surface area contributed by atoms with Crippen molar-refractivity contribution in [1.29, 1.82) is 0 Å². The molecule has 0 radical (unpaired) electrons. The van der Waals surface area contributed by atoms with Crippen molar-refractivity contribution in [3.05, 3.63) is 30.1 Å². The zero-order valence-electron chi connectivity index (χ0n) is 12.9. The van der Waals surface area contributed by atoms with E-state index in [2.05, 4.69) is 10.3 Å². The normalized spacial score (nSPS) is 20.4. The molecule has 0 bridgehead atoms. The average molecular weight is 289 g/mol. The van der Waals surface area contributed by atoms with Gasteiger partial charge in [0.2, 0.25) is 11.8 Å². The highest BCUT2D eigenvalue weighted by molar-refractivity contribution is 6.05. The van der Waals surface area contributed by atoms with Crippen molar-refractivity contribution in [3.63, 3.8) is 0 Å². The Balaban J connectivity index is 2.06. The van der Waals surface area contributed by atoms with Crippen LogP contribution in [0.1, 0.15) is 51.6 Å². The lowest BCUT2D eigenvalue weighted by molar-refractivity contribution is -0.141. The highest BCUT2D eigenvalue weighted by Crippen LogP contribution is 2.22. The summed E-state index contributed by atoms with van der Waals surface area (Å²) in [7, 11) is 0. The van der Waals surface area contributed by atoms with Crippen LogP contribution in [-0.2, 0) is 9.59 Å². The molecule has 2 atom stereocenters. The molecule has 1 fully saturated rings. The molecule has 0 aliphatic carbocycles. The monoisotopic (exact) mass is 289 g/mol. The number of hydrogen-bond acceptors (Lipinski definition) is 4. The number of likely N-dealkylation sites (tertiary alicyclic amines) is 1. The summed E-state index contributed by atoms with van der Waals surface area (Å²) in [4.78, 5) is 30.1. The van der Waals surface area contributed by atoms with Crippen molar-refractivity contribution in [2.75, 3.05) is 0 Å². The van der Waals surface area contributed by atoms with Crippen molar-refractivity contribution >= 4 is 11.8 Å². The SMILES string of the molecule is CCC(CC)N1C(=O)CC(NC(C)c2cccnc2)C1=O. The summed E-state index contributed by atoms with van der Waals surface area (Å²) in [5.41, 5.74) is 1.01. The molecule has 1 saturated heterocycles. The molecule has 2 heterocycles. The van der Waals surface area contributed by atoms with Crippen molar-refractivity contribution in [2.45, 2.75) is 58.2 Å². The van der Waals surface area contributed by atoms with Gasteiger partial charge in [0.15, 0.2) is 0 Å². The van der Waals surface area contributed by atoms with Gasteiger partial charge in [-0.2, -0.15) is 0 Å². The van der Waals surface area contributed by atoms with E-state index in [1.54, 1.807) is 12.4 Å². The summed E-state index contributed by atoms with van der Waals surface area (Å²) in [5, 5.41) is 3.26. The lowest BCUT2D eigenvalue weighted by atomic mass is 10.1. The van der Waals surface area contributed by atoms with Gasteiger partial charge in [-0.25, -0.2) is 0 Å². The number of pyridine rings is 1. The Bertz CT molecular complexity index is 500. The first-order valence-electron chi connectivity index (χ1n) is 7.60. The maximum absolute atomic E-state index is 12.5.